The van der Waals surface area contributed by atoms with E-state index < -0.39 is 0 Å². The minimum Gasteiger partial charge on any atom is -0.373 e. The molecule has 0 aliphatic carbocycles. The van der Waals surface area contributed by atoms with Gasteiger partial charge in [-0.25, -0.2) is 0 Å². The summed E-state index contributed by atoms with van der Waals surface area (Å²) < 4.78 is 5.56. The minimum atomic E-state index is -0.156. The van der Waals surface area contributed by atoms with Crippen LogP contribution in [0.5, 0.6) is 0 Å². The first-order valence-electron chi connectivity index (χ1n) is 4.67. The molecule has 70 valence electrons. The Kier molecular flexibility index (Phi) is 1.22. The number of hydrogen-bond donors (Lipinski definition) is 0. The lowest BCUT2D eigenvalue weighted by Gasteiger charge is -2.15. The van der Waals surface area contributed by atoms with E-state index in [-0.39, 0.29) is 35.9 Å². The van der Waals surface area contributed by atoms with Gasteiger partial charge < -0.3 is 4.74 Å². The lowest BCUT2D eigenvalue weighted by Crippen LogP contribution is -2.30. The molecular formula is C9H11NO3. The van der Waals surface area contributed by atoms with Crippen molar-refractivity contribution in [3.8, 4) is 0 Å². The monoisotopic (exact) mass is 181 g/mol. The number of rotatable bonds is 0. The Bertz CT molecular complexity index is 273. The van der Waals surface area contributed by atoms with E-state index in [1.54, 1.807) is 7.05 Å². The van der Waals surface area contributed by atoms with Gasteiger partial charge in [0.25, 0.3) is 0 Å². The van der Waals surface area contributed by atoms with Crippen LogP contribution in [0.4, 0.5) is 0 Å². The Balaban J connectivity index is 2.03. The predicted octanol–water partition coefficient (Wildman–Crippen LogP) is -0.221. The molecule has 4 heteroatoms. The first-order valence-corrected chi connectivity index (χ1v) is 4.67. The molecule has 0 unspecified atom stereocenters. The van der Waals surface area contributed by atoms with E-state index in [1.807, 2.05) is 0 Å². The molecule has 3 aliphatic heterocycles. The summed E-state index contributed by atoms with van der Waals surface area (Å²) in [5.41, 5.74) is 0. The molecule has 3 heterocycles. The number of carbonyl (C=O) groups is 2. The summed E-state index contributed by atoms with van der Waals surface area (Å²) in [6.45, 7) is 0. The second kappa shape index (κ2) is 2.12. The number of likely N-dealkylation sites (tertiary alicyclic amines) is 1. The van der Waals surface area contributed by atoms with E-state index in [0.29, 0.717) is 0 Å². The lowest BCUT2D eigenvalue weighted by molar-refractivity contribution is -0.140. The van der Waals surface area contributed by atoms with Crippen LogP contribution >= 0.6 is 0 Å². The Morgan fingerprint density at radius 2 is 1.62 bits per heavy atom. The van der Waals surface area contributed by atoms with Gasteiger partial charge in [0.2, 0.25) is 11.8 Å². The number of imide groups is 1. The predicted molar refractivity (Wildman–Crippen MR) is 42.7 cm³/mol. The van der Waals surface area contributed by atoms with Crippen molar-refractivity contribution in [1.29, 1.82) is 0 Å². The van der Waals surface area contributed by atoms with Gasteiger partial charge in [-0.3, -0.25) is 14.5 Å². The third kappa shape index (κ3) is 0.705. The van der Waals surface area contributed by atoms with E-state index in [1.165, 1.54) is 4.90 Å². The van der Waals surface area contributed by atoms with Crippen LogP contribution in [0.25, 0.3) is 0 Å². The van der Waals surface area contributed by atoms with Crippen LogP contribution in [-0.4, -0.2) is 36.0 Å². The fourth-order valence-corrected chi connectivity index (χ4v) is 2.86. The molecule has 0 radical (unpaired) electrons. The molecular weight excluding hydrogens is 170 g/mol. The van der Waals surface area contributed by atoms with E-state index in [4.69, 9.17) is 4.74 Å². The van der Waals surface area contributed by atoms with Crippen molar-refractivity contribution in [2.45, 2.75) is 25.0 Å². The maximum absolute atomic E-state index is 11.6. The van der Waals surface area contributed by atoms with Gasteiger partial charge in [-0.05, 0) is 12.8 Å². The van der Waals surface area contributed by atoms with Gasteiger partial charge in [0, 0.05) is 7.05 Å². The van der Waals surface area contributed by atoms with E-state index in [0.717, 1.165) is 12.8 Å². The molecule has 4 atom stereocenters. The van der Waals surface area contributed by atoms with Crippen molar-refractivity contribution in [3.63, 3.8) is 0 Å². The highest BCUT2D eigenvalue weighted by molar-refractivity contribution is 6.06. The largest absolute Gasteiger partial charge is 0.373 e. The van der Waals surface area contributed by atoms with E-state index in [9.17, 15) is 9.59 Å². The van der Waals surface area contributed by atoms with E-state index in [2.05, 4.69) is 0 Å². The fourth-order valence-electron chi connectivity index (χ4n) is 2.86. The topological polar surface area (TPSA) is 46.6 Å². The first kappa shape index (κ1) is 7.50. The molecule has 13 heavy (non-hydrogen) atoms. The third-order valence-corrected chi connectivity index (χ3v) is 3.50. The minimum absolute atomic E-state index is 0.0244. The van der Waals surface area contributed by atoms with Crippen LogP contribution in [-0.2, 0) is 14.3 Å². The molecule has 2 bridgehead atoms. The zero-order chi connectivity index (χ0) is 9.16. The van der Waals surface area contributed by atoms with Crippen molar-refractivity contribution in [2.75, 3.05) is 7.05 Å². The highest BCUT2D eigenvalue weighted by Gasteiger charge is 2.61. The summed E-state index contributed by atoms with van der Waals surface area (Å²) in [5.74, 6) is -0.392. The Labute approximate surface area is 75.8 Å². The molecule has 4 nitrogen and oxygen atoms in total. The van der Waals surface area contributed by atoms with Crippen molar-refractivity contribution in [1.82, 2.24) is 4.90 Å². The van der Waals surface area contributed by atoms with Crippen LogP contribution in [0.3, 0.4) is 0 Å². The van der Waals surface area contributed by atoms with Crippen molar-refractivity contribution in [3.05, 3.63) is 0 Å². The maximum Gasteiger partial charge on any atom is 0.235 e. The maximum atomic E-state index is 11.6. The number of ether oxygens (including phenoxy) is 1. The smallest absolute Gasteiger partial charge is 0.235 e. The second-order valence-corrected chi connectivity index (χ2v) is 4.08. The molecule has 3 fully saturated rings. The van der Waals surface area contributed by atoms with Crippen LogP contribution in [0, 0.1) is 11.8 Å². The SMILES string of the molecule is CN1C(=O)[C@@H]2[C@H](C1=O)[C@@H]1CC[C@@H]2O1. The van der Waals surface area contributed by atoms with Gasteiger partial charge in [-0.2, -0.15) is 0 Å². The average molecular weight is 181 g/mol. The number of nitrogens with zero attached hydrogens (tertiary/aromatic N) is 1. The van der Waals surface area contributed by atoms with Crippen molar-refractivity contribution >= 4 is 11.8 Å². The molecule has 3 rings (SSSR count). The quantitative estimate of drug-likeness (QED) is 0.485. The highest BCUT2D eigenvalue weighted by atomic mass is 16.5. The Morgan fingerprint density at radius 1 is 1.15 bits per heavy atom. The number of hydrogen-bond acceptors (Lipinski definition) is 3. The fraction of sp³-hybridized carbons (Fsp3) is 0.778. The van der Waals surface area contributed by atoms with E-state index >= 15 is 0 Å². The third-order valence-electron chi connectivity index (χ3n) is 3.50. The van der Waals surface area contributed by atoms with Crippen LogP contribution < -0.4 is 0 Å². The average Bonchev–Trinajstić information content (AvgIpc) is 2.76. The van der Waals surface area contributed by atoms with Gasteiger partial charge in [0.05, 0.1) is 24.0 Å². The van der Waals surface area contributed by atoms with Gasteiger partial charge >= 0.3 is 0 Å². The molecule has 3 aliphatic rings. The Morgan fingerprint density at radius 3 is 2.08 bits per heavy atom. The second-order valence-electron chi connectivity index (χ2n) is 4.08. The molecule has 3 saturated heterocycles. The molecule has 0 N–H and O–H groups in total. The van der Waals surface area contributed by atoms with Crippen molar-refractivity contribution < 1.29 is 14.3 Å². The van der Waals surface area contributed by atoms with Gasteiger partial charge in [-0.1, -0.05) is 0 Å². The number of amides is 2. The Hall–Kier alpha value is -0.900. The number of fused-ring (bicyclic) bond motifs is 5. The molecule has 0 aromatic rings. The van der Waals surface area contributed by atoms with Crippen LogP contribution in [0.15, 0.2) is 0 Å². The number of carbonyl (C=O) groups excluding carboxylic acids is 2. The molecule has 0 spiro atoms. The van der Waals surface area contributed by atoms with Gasteiger partial charge in [0.15, 0.2) is 0 Å². The summed E-state index contributed by atoms with van der Waals surface area (Å²) in [4.78, 5) is 24.5. The summed E-state index contributed by atoms with van der Waals surface area (Å²) in [5, 5.41) is 0. The molecule has 0 aromatic carbocycles. The zero-order valence-corrected chi connectivity index (χ0v) is 7.40. The lowest BCUT2D eigenvalue weighted by atomic mass is 9.81. The summed E-state index contributed by atoms with van der Waals surface area (Å²) in [6, 6.07) is 0. The molecule has 2 amide bonds. The van der Waals surface area contributed by atoms with Gasteiger partial charge in [0.1, 0.15) is 0 Å². The summed E-state index contributed by atoms with van der Waals surface area (Å²) in [6.07, 6.45) is 1.94. The summed E-state index contributed by atoms with van der Waals surface area (Å²) >= 11 is 0. The zero-order valence-electron chi connectivity index (χ0n) is 7.40. The normalized spacial score (nSPS) is 47.6. The van der Waals surface area contributed by atoms with Crippen LogP contribution in [0.1, 0.15) is 12.8 Å². The first-order chi connectivity index (χ1) is 6.20. The van der Waals surface area contributed by atoms with Gasteiger partial charge in [-0.15, -0.1) is 0 Å². The molecule has 0 saturated carbocycles. The standard InChI is InChI=1S/C9H11NO3/c1-10-8(11)6-4-2-3-5(13-4)7(6)9(10)12/h4-7H,2-3H2,1H3/t4-,5-,6-,7+/m0/s1. The van der Waals surface area contributed by atoms with Crippen molar-refractivity contribution in [2.24, 2.45) is 11.8 Å². The highest BCUT2D eigenvalue weighted by Crippen LogP contribution is 2.47. The summed E-state index contributed by atoms with van der Waals surface area (Å²) in [7, 11) is 1.57. The molecule has 0 aromatic heterocycles. The van der Waals surface area contributed by atoms with Crippen LogP contribution in [0.2, 0.25) is 0 Å².